The molecule has 0 saturated carbocycles. The predicted octanol–water partition coefficient (Wildman–Crippen LogP) is 4.97. The number of para-hydroxylation sites is 1. The lowest BCUT2D eigenvalue weighted by Crippen LogP contribution is -2.36. The van der Waals surface area contributed by atoms with Gasteiger partial charge in [0, 0.05) is 17.0 Å². The van der Waals surface area contributed by atoms with Gasteiger partial charge >= 0.3 is 0 Å². The number of aromatic nitrogens is 1. The molecule has 0 saturated heterocycles. The van der Waals surface area contributed by atoms with E-state index in [1.165, 1.54) is 32.9 Å². The van der Waals surface area contributed by atoms with Crippen LogP contribution in [0.3, 0.4) is 0 Å². The average Bonchev–Trinajstić information content (AvgIpc) is 2.61. The molecule has 1 aromatic heterocycles. The van der Waals surface area contributed by atoms with Crippen molar-refractivity contribution in [3.8, 4) is 11.3 Å². The third-order valence-corrected chi connectivity index (χ3v) is 4.30. The van der Waals surface area contributed by atoms with Gasteiger partial charge in [-0.05, 0) is 31.2 Å². The van der Waals surface area contributed by atoms with Crippen LogP contribution >= 0.6 is 0 Å². The average molecular weight is 284 g/mol. The standard InChI is InChI=1S/C21H18N/c1-2-22-20-15-9-8-13-18(20)17-12-6-7-14-19(17)21(22)16-10-4-3-5-11-16/h3-15H,2H2,1H3/q+1. The minimum Gasteiger partial charge on any atom is -0.191 e. The number of rotatable bonds is 2. The number of aryl methyl sites for hydroxylation is 1. The van der Waals surface area contributed by atoms with E-state index in [4.69, 9.17) is 0 Å². The number of fused-ring (bicyclic) bond motifs is 3. The smallest absolute Gasteiger partial charge is 0.191 e. The highest BCUT2D eigenvalue weighted by Gasteiger charge is 2.21. The summed E-state index contributed by atoms with van der Waals surface area (Å²) in [5.74, 6) is 0. The van der Waals surface area contributed by atoms with Crippen molar-refractivity contribution in [2.45, 2.75) is 13.5 Å². The van der Waals surface area contributed by atoms with Gasteiger partial charge in [-0.1, -0.05) is 48.5 Å². The summed E-state index contributed by atoms with van der Waals surface area (Å²) in [5, 5.41) is 3.95. The summed E-state index contributed by atoms with van der Waals surface area (Å²) in [6, 6.07) is 28.1. The molecule has 1 heterocycles. The molecule has 106 valence electrons. The van der Waals surface area contributed by atoms with Crippen LogP contribution in [-0.2, 0) is 6.54 Å². The molecule has 4 rings (SSSR count). The Morgan fingerprint density at radius 2 is 1.23 bits per heavy atom. The van der Waals surface area contributed by atoms with E-state index in [-0.39, 0.29) is 0 Å². The van der Waals surface area contributed by atoms with Gasteiger partial charge in [-0.3, -0.25) is 0 Å². The molecule has 0 amide bonds. The molecular weight excluding hydrogens is 266 g/mol. The number of hydrogen-bond donors (Lipinski definition) is 0. The van der Waals surface area contributed by atoms with Gasteiger partial charge in [0.2, 0.25) is 11.2 Å². The van der Waals surface area contributed by atoms with E-state index in [9.17, 15) is 0 Å². The summed E-state index contributed by atoms with van der Waals surface area (Å²) >= 11 is 0. The maximum atomic E-state index is 2.42. The first-order chi connectivity index (χ1) is 10.9. The fourth-order valence-electron chi connectivity index (χ4n) is 3.36. The largest absolute Gasteiger partial charge is 0.220 e. The zero-order valence-corrected chi connectivity index (χ0v) is 12.7. The van der Waals surface area contributed by atoms with Crippen molar-refractivity contribution in [3.63, 3.8) is 0 Å². The third-order valence-electron chi connectivity index (χ3n) is 4.30. The van der Waals surface area contributed by atoms with Crippen LogP contribution in [0.25, 0.3) is 32.9 Å². The topological polar surface area (TPSA) is 3.88 Å². The first-order valence-electron chi connectivity index (χ1n) is 7.79. The zero-order chi connectivity index (χ0) is 14.9. The van der Waals surface area contributed by atoms with Gasteiger partial charge in [-0.25, -0.2) is 0 Å². The van der Waals surface area contributed by atoms with E-state index in [1.54, 1.807) is 0 Å². The van der Waals surface area contributed by atoms with Gasteiger partial charge in [0.15, 0.2) is 0 Å². The second-order valence-electron chi connectivity index (χ2n) is 5.52. The van der Waals surface area contributed by atoms with E-state index in [2.05, 4.69) is 90.4 Å². The summed E-state index contributed by atoms with van der Waals surface area (Å²) in [4.78, 5) is 0. The molecule has 3 aromatic carbocycles. The van der Waals surface area contributed by atoms with E-state index in [0.717, 1.165) is 6.54 Å². The Hall–Kier alpha value is -2.67. The van der Waals surface area contributed by atoms with Gasteiger partial charge in [0.05, 0.1) is 10.8 Å². The molecule has 22 heavy (non-hydrogen) atoms. The van der Waals surface area contributed by atoms with Gasteiger partial charge in [0.1, 0.15) is 6.54 Å². The molecule has 0 radical (unpaired) electrons. The molecule has 1 heteroatoms. The maximum absolute atomic E-state index is 2.42. The molecule has 0 aliphatic carbocycles. The maximum Gasteiger partial charge on any atom is 0.220 e. The molecular formula is C21H18N+. The lowest BCUT2D eigenvalue weighted by atomic mass is 9.99. The van der Waals surface area contributed by atoms with Crippen LogP contribution in [0.1, 0.15) is 6.92 Å². The van der Waals surface area contributed by atoms with Crippen molar-refractivity contribution >= 4 is 21.7 Å². The van der Waals surface area contributed by atoms with E-state index >= 15 is 0 Å². The van der Waals surface area contributed by atoms with E-state index in [0.29, 0.717) is 0 Å². The Morgan fingerprint density at radius 3 is 1.95 bits per heavy atom. The van der Waals surface area contributed by atoms with Crippen LogP contribution in [0.4, 0.5) is 0 Å². The number of benzene rings is 3. The van der Waals surface area contributed by atoms with E-state index < -0.39 is 0 Å². The Balaban J connectivity index is 2.26. The van der Waals surface area contributed by atoms with Crippen LogP contribution < -0.4 is 4.57 Å². The highest BCUT2D eigenvalue weighted by molar-refractivity contribution is 6.08. The summed E-state index contributed by atoms with van der Waals surface area (Å²) in [5.41, 5.74) is 3.87. The van der Waals surface area contributed by atoms with Crippen molar-refractivity contribution in [2.75, 3.05) is 0 Å². The monoisotopic (exact) mass is 284 g/mol. The minimum absolute atomic E-state index is 0.954. The zero-order valence-electron chi connectivity index (χ0n) is 12.7. The van der Waals surface area contributed by atoms with Crippen molar-refractivity contribution < 1.29 is 4.57 Å². The van der Waals surface area contributed by atoms with Crippen molar-refractivity contribution in [3.05, 3.63) is 78.9 Å². The first kappa shape index (κ1) is 13.0. The molecule has 4 aromatic rings. The lowest BCUT2D eigenvalue weighted by Gasteiger charge is -2.10. The van der Waals surface area contributed by atoms with E-state index in [1.807, 2.05) is 0 Å². The molecule has 0 unspecified atom stereocenters. The molecule has 0 N–H and O–H groups in total. The second kappa shape index (κ2) is 5.27. The normalized spacial score (nSPS) is 11.1. The molecule has 0 spiro atoms. The Bertz CT molecular complexity index is 955. The summed E-state index contributed by atoms with van der Waals surface area (Å²) in [7, 11) is 0. The fourth-order valence-corrected chi connectivity index (χ4v) is 3.36. The fraction of sp³-hybridized carbons (Fsp3) is 0.0952. The summed E-state index contributed by atoms with van der Waals surface area (Å²) in [6.07, 6.45) is 0. The lowest BCUT2D eigenvalue weighted by molar-refractivity contribution is -0.655. The highest BCUT2D eigenvalue weighted by atomic mass is 15.0. The van der Waals surface area contributed by atoms with Crippen molar-refractivity contribution in [1.29, 1.82) is 0 Å². The van der Waals surface area contributed by atoms with Crippen LogP contribution in [0.2, 0.25) is 0 Å². The molecule has 0 atom stereocenters. The molecule has 0 aliphatic heterocycles. The molecule has 0 bridgehead atoms. The molecule has 0 aliphatic rings. The van der Waals surface area contributed by atoms with Crippen LogP contribution in [0.15, 0.2) is 78.9 Å². The highest BCUT2D eigenvalue weighted by Crippen LogP contribution is 2.30. The van der Waals surface area contributed by atoms with Crippen molar-refractivity contribution in [1.82, 2.24) is 0 Å². The Labute approximate surface area is 130 Å². The van der Waals surface area contributed by atoms with Crippen molar-refractivity contribution in [2.24, 2.45) is 0 Å². The van der Waals surface area contributed by atoms with Gasteiger partial charge in [-0.2, -0.15) is 4.57 Å². The predicted molar refractivity (Wildman–Crippen MR) is 92.8 cm³/mol. The summed E-state index contributed by atoms with van der Waals surface area (Å²) in [6.45, 7) is 3.17. The van der Waals surface area contributed by atoms with Gasteiger partial charge in [-0.15, -0.1) is 0 Å². The van der Waals surface area contributed by atoms with Gasteiger partial charge < -0.3 is 0 Å². The number of pyridine rings is 1. The molecule has 0 fully saturated rings. The minimum atomic E-state index is 0.954. The Kier molecular flexibility index (Phi) is 3.12. The molecule has 1 nitrogen and oxygen atoms in total. The first-order valence-corrected chi connectivity index (χ1v) is 7.79. The third kappa shape index (κ3) is 1.90. The van der Waals surface area contributed by atoms with Gasteiger partial charge in [0.25, 0.3) is 0 Å². The second-order valence-corrected chi connectivity index (χ2v) is 5.52. The van der Waals surface area contributed by atoms with Crippen LogP contribution in [0, 0.1) is 0 Å². The Morgan fingerprint density at radius 1 is 0.636 bits per heavy atom. The quantitative estimate of drug-likeness (QED) is 0.361. The number of nitrogens with zero attached hydrogens (tertiary/aromatic N) is 1. The van der Waals surface area contributed by atoms with Crippen LogP contribution in [0.5, 0.6) is 0 Å². The SMILES string of the molecule is CC[n+]1c(-c2ccccc2)c2ccccc2c2ccccc21. The number of hydrogen-bond acceptors (Lipinski definition) is 0. The summed E-state index contributed by atoms with van der Waals surface area (Å²) < 4.78 is 2.42. The van der Waals surface area contributed by atoms with Crippen LogP contribution in [-0.4, -0.2) is 0 Å².